The van der Waals surface area contributed by atoms with Crippen molar-refractivity contribution in [2.45, 2.75) is 20.5 Å². The molecule has 2 heterocycles. The average Bonchev–Trinajstić information content (AvgIpc) is 2.95. The Morgan fingerprint density at radius 2 is 2.00 bits per heavy atom. The molecule has 0 N–H and O–H groups in total. The minimum Gasteiger partial charge on any atom is -0.486 e. The Morgan fingerprint density at radius 1 is 1.17 bits per heavy atom. The summed E-state index contributed by atoms with van der Waals surface area (Å²) in [4.78, 5) is 16.4. The average molecular weight is 310 g/mol. The van der Waals surface area contributed by atoms with Gasteiger partial charge >= 0.3 is 5.97 Å². The van der Waals surface area contributed by atoms with E-state index in [-0.39, 0.29) is 12.6 Å². The minimum absolute atomic E-state index is 0.289. The molecule has 0 radical (unpaired) electrons. The van der Waals surface area contributed by atoms with Gasteiger partial charge in [0.05, 0.1) is 12.3 Å². The van der Waals surface area contributed by atoms with E-state index in [1.54, 1.807) is 25.1 Å². The number of nitrogens with zero attached hydrogens (tertiary/aromatic N) is 2. The summed E-state index contributed by atoms with van der Waals surface area (Å²) in [6.07, 6.45) is 3.94. The van der Waals surface area contributed by atoms with Gasteiger partial charge in [0.25, 0.3) is 0 Å². The third-order valence-electron chi connectivity index (χ3n) is 3.41. The molecule has 5 heteroatoms. The maximum atomic E-state index is 11.9. The predicted molar refractivity (Wildman–Crippen MR) is 86.7 cm³/mol. The first kappa shape index (κ1) is 15.1. The highest BCUT2D eigenvalue weighted by atomic mass is 16.5. The standard InChI is InChI=1S/C18H18N2O3/c1-3-22-18(21)15-6-4-5-7-16(15)23-12-14-11-20-10-13(2)8-9-17(20)19-14/h4-11H,3,12H2,1-2H3. The van der Waals surface area contributed by atoms with Crippen molar-refractivity contribution >= 4 is 11.6 Å². The summed E-state index contributed by atoms with van der Waals surface area (Å²) >= 11 is 0. The summed E-state index contributed by atoms with van der Waals surface area (Å²) in [7, 11) is 0. The van der Waals surface area contributed by atoms with Crippen LogP contribution in [0.1, 0.15) is 28.5 Å². The van der Waals surface area contributed by atoms with E-state index in [4.69, 9.17) is 9.47 Å². The molecule has 0 atom stereocenters. The fourth-order valence-corrected chi connectivity index (χ4v) is 2.35. The maximum Gasteiger partial charge on any atom is 0.341 e. The molecule has 0 saturated heterocycles. The van der Waals surface area contributed by atoms with Crippen molar-refractivity contribution in [2.24, 2.45) is 0 Å². The number of aromatic nitrogens is 2. The van der Waals surface area contributed by atoms with Gasteiger partial charge in [0.2, 0.25) is 0 Å². The van der Waals surface area contributed by atoms with Gasteiger partial charge in [0.1, 0.15) is 23.6 Å². The van der Waals surface area contributed by atoms with Crippen LogP contribution in [0.4, 0.5) is 0 Å². The van der Waals surface area contributed by atoms with Gasteiger partial charge in [0, 0.05) is 12.4 Å². The number of fused-ring (bicyclic) bond motifs is 1. The SMILES string of the molecule is CCOC(=O)c1ccccc1OCc1cn2cc(C)ccc2n1. The molecule has 5 nitrogen and oxygen atoms in total. The van der Waals surface area contributed by atoms with Crippen LogP contribution in [-0.4, -0.2) is 22.0 Å². The number of ether oxygens (including phenoxy) is 2. The molecule has 0 unspecified atom stereocenters. The molecule has 0 amide bonds. The second-order valence-electron chi connectivity index (χ2n) is 5.21. The van der Waals surface area contributed by atoms with E-state index in [2.05, 4.69) is 4.98 Å². The Hall–Kier alpha value is -2.82. The number of carbonyl (C=O) groups is 1. The Labute approximate surface area is 134 Å². The number of aryl methyl sites for hydroxylation is 1. The van der Waals surface area contributed by atoms with Gasteiger partial charge in [0.15, 0.2) is 0 Å². The molecular formula is C18H18N2O3. The van der Waals surface area contributed by atoms with E-state index < -0.39 is 0 Å². The number of imidazole rings is 1. The molecule has 0 bridgehead atoms. The van der Waals surface area contributed by atoms with Crippen LogP contribution < -0.4 is 4.74 Å². The van der Waals surface area contributed by atoms with Crippen molar-refractivity contribution in [3.63, 3.8) is 0 Å². The van der Waals surface area contributed by atoms with Crippen LogP contribution in [0.25, 0.3) is 5.65 Å². The Bertz CT molecular complexity index is 839. The van der Waals surface area contributed by atoms with Crippen LogP contribution in [0.2, 0.25) is 0 Å². The van der Waals surface area contributed by atoms with Gasteiger partial charge in [-0.2, -0.15) is 0 Å². The third kappa shape index (κ3) is 3.34. The molecular weight excluding hydrogens is 292 g/mol. The monoisotopic (exact) mass is 310 g/mol. The number of hydrogen-bond acceptors (Lipinski definition) is 4. The summed E-state index contributed by atoms with van der Waals surface area (Å²) in [5, 5.41) is 0. The fraction of sp³-hybridized carbons (Fsp3) is 0.222. The molecule has 0 aliphatic rings. The smallest absolute Gasteiger partial charge is 0.341 e. The molecule has 0 saturated carbocycles. The van der Waals surface area contributed by atoms with E-state index in [1.807, 2.05) is 41.9 Å². The summed E-state index contributed by atoms with van der Waals surface area (Å²) in [6, 6.07) is 11.0. The van der Waals surface area contributed by atoms with Crippen molar-refractivity contribution < 1.29 is 14.3 Å². The number of rotatable bonds is 5. The van der Waals surface area contributed by atoms with Crippen LogP contribution in [0, 0.1) is 6.92 Å². The number of hydrogen-bond donors (Lipinski definition) is 0. The highest BCUT2D eigenvalue weighted by molar-refractivity contribution is 5.92. The first-order valence-corrected chi connectivity index (χ1v) is 7.50. The molecule has 1 aromatic carbocycles. The lowest BCUT2D eigenvalue weighted by molar-refractivity contribution is 0.0521. The first-order valence-electron chi connectivity index (χ1n) is 7.50. The number of carbonyl (C=O) groups excluding carboxylic acids is 1. The predicted octanol–water partition coefficient (Wildman–Crippen LogP) is 3.40. The summed E-state index contributed by atoms with van der Waals surface area (Å²) in [6.45, 7) is 4.43. The summed E-state index contributed by atoms with van der Waals surface area (Å²) < 4.78 is 12.8. The number of para-hydroxylation sites is 1. The Balaban J connectivity index is 1.78. The lowest BCUT2D eigenvalue weighted by Gasteiger charge is -2.09. The van der Waals surface area contributed by atoms with Gasteiger partial charge in [-0.05, 0) is 37.6 Å². The highest BCUT2D eigenvalue weighted by Gasteiger charge is 2.13. The molecule has 3 aromatic rings. The lowest BCUT2D eigenvalue weighted by atomic mass is 10.2. The van der Waals surface area contributed by atoms with Crippen molar-refractivity contribution in [3.8, 4) is 5.75 Å². The van der Waals surface area contributed by atoms with Crippen molar-refractivity contribution in [1.82, 2.24) is 9.38 Å². The van der Waals surface area contributed by atoms with Gasteiger partial charge < -0.3 is 13.9 Å². The zero-order valence-electron chi connectivity index (χ0n) is 13.2. The van der Waals surface area contributed by atoms with Crippen molar-refractivity contribution in [1.29, 1.82) is 0 Å². The summed E-state index contributed by atoms with van der Waals surface area (Å²) in [5.41, 5.74) is 3.26. The van der Waals surface area contributed by atoms with Gasteiger partial charge in [-0.25, -0.2) is 9.78 Å². The lowest BCUT2D eigenvalue weighted by Crippen LogP contribution is -2.07. The molecule has 23 heavy (non-hydrogen) atoms. The quantitative estimate of drug-likeness (QED) is 0.678. The van der Waals surface area contributed by atoms with Crippen LogP contribution in [0.15, 0.2) is 48.8 Å². The molecule has 118 valence electrons. The number of pyridine rings is 1. The number of benzene rings is 1. The van der Waals surface area contributed by atoms with Crippen LogP contribution in [0.5, 0.6) is 5.75 Å². The minimum atomic E-state index is -0.381. The Kier molecular flexibility index (Phi) is 4.28. The van der Waals surface area contributed by atoms with E-state index in [1.165, 1.54) is 0 Å². The van der Waals surface area contributed by atoms with E-state index in [0.29, 0.717) is 17.9 Å². The van der Waals surface area contributed by atoms with Crippen molar-refractivity contribution in [2.75, 3.05) is 6.61 Å². The molecule has 2 aromatic heterocycles. The molecule has 3 rings (SSSR count). The van der Waals surface area contributed by atoms with E-state index >= 15 is 0 Å². The van der Waals surface area contributed by atoms with E-state index in [9.17, 15) is 4.79 Å². The molecule has 0 aliphatic carbocycles. The zero-order valence-corrected chi connectivity index (χ0v) is 13.2. The van der Waals surface area contributed by atoms with E-state index in [0.717, 1.165) is 16.9 Å². The van der Waals surface area contributed by atoms with Gasteiger partial charge in [-0.1, -0.05) is 18.2 Å². The van der Waals surface area contributed by atoms with Crippen LogP contribution in [0.3, 0.4) is 0 Å². The largest absolute Gasteiger partial charge is 0.486 e. The Morgan fingerprint density at radius 3 is 2.83 bits per heavy atom. The molecule has 0 spiro atoms. The molecule has 0 aliphatic heterocycles. The van der Waals surface area contributed by atoms with Crippen molar-refractivity contribution in [3.05, 3.63) is 65.6 Å². The van der Waals surface area contributed by atoms with Crippen LogP contribution in [-0.2, 0) is 11.3 Å². The van der Waals surface area contributed by atoms with Gasteiger partial charge in [-0.3, -0.25) is 0 Å². The fourth-order valence-electron chi connectivity index (χ4n) is 2.35. The third-order valence-corrected chi connectivity index (χ3v) is 3.41. The van der Waals surface area contributed by atoms with Crippen LogP contribution >= 0.6 is 0 Å². The maximum absolute atomic E-state index is 11.9. The first-order chi connectivity index (χ1) is 11.2. The topological polar surface area (TPSA) is 52.8 Å². The van der Waals surface area contributed by atoms with Gasteiger partial charge in [-0.15, -0.1) is 0 Å². The normalized spacial score (nSPS) is 10.7. The summed E-state index contributed by atoms with van der Waals surface area (Å²) in [5.74, 6) is 0.118. The highest BCUT2D eigenvalue weighted by Crippen LogP contribution is 2.20. The second-order valence-corrected chi connectivity index (χ2v) is 5.21. The zero-order chi connectivity index (χ0) is 16.2. The number of esters is 1. The molecule has 0 fully saturated rings. The second kappa shape index (κ2) is 6.52.